The van der Waals surface area contributed by atoms with Gasteiger partial charge in [0.05, 0.1) is 19.6 Å². The molecule has 0 N–H and O–H groups in total. The van der Waals surface area contributed by atoms with Gasteiger partial charge in [0, 0.05) is 20.0 Å². The third-order valence-corrected chi connectivity index (χ3v) is 3.66. The number of carbonyl (C=O) groups excluding carboxylic acids is 3. The van der Waals surface area contributed by atoms with Gasteiger partial charge < -0.3 is 14.4 Å². The first-order chi connectivity index (χ1) is 11.5. The highest BCUT2D eigenvalue weighted by Gasteiger charge is 2.25. The van der Waals surface area contributed by atoms with Crippen molar-refractivity contribution in [2.24, 2.45) is 0 Å². The first-order valence-corrected chi connectivity index (χ1v) is 7.87. The van der Waals surface area contributed by atoms with Crippen LogP contribution in [0.5, 0.6) is 0 Å². The van der Waals surface area contributed by atoms with E-state index in [1.165, 1.54) is 6.92 Å². The number of ether oxygens (including phenoxy) is 2. The highest BCUT2D eigenvalue weighted by molar-refractivity contribution is 5.80. The van der Waals surface area contributed by atoms with Gasteiger partial charge in [-0.1, -0.05) is 30.3 Å². The molecule has 0 aromatic heterocycles. The molecular formula is C17H22N2O5. The highest BCUT2D eigenvalue weighted by Crippen LogP contribution is 2.05. The molecule has 0 radical (unpaired) electrons. The summed E-state index contributed by atoms with van der Waals surface area (Å²) in [7, 11) is 0. The Morgan fingerprint density at radius 1 is 1.12 bits per heavy atom. The van der Waals surface area contributed by atoms with Crippen LogP contribution in [0, 0.1) is 0 Å². The predicted octanol–water partition coefficient (Wildman–Crippen LogP) is 0.437. The van der Waals surface area contributed by atoms with E-state index in [4.69, 9.17) is 9.47 Å². The summed E-state index contributed by atoms with van der Waals surface area (Å²) in [6.07, 6.45) is 0. The van der Waals surface area contributed by atoms with Gasteiger partial charge >= 0.3 is 11.9 Å². The molecule has 1 amide bonds. The molecule has 1 aromatic rings. The quantitative estimate of drug-likeness (QED) is 0.674. The fourth-order valence-electron chi connectivity index (χ4n) is 2.39. The van der Waals surface area contributed by atoms with Crippen LogP contribution in [0.15, 0.2) is 30.3 Å². The van der Waals surface area contributed by atoms with Crippen molar-refractivity contribution < 1.29 is 23.9 Å². The normalized spacial score (nSPS) is 15.2. The molecule has 7 nitrogen and oxygen atoms in total. The summed E-state index contributed by atoms with van der Waals surface area (Å²) in [5.41, 5.74) is 0.928. The zero-order valence-electron chi connectivity index (χ0n) is 13.8. The summed E-state index contributed by atoms with van der Waals surface area (Å²) in [5.74, 6) is -0.786. The number of piperazine rings is 1. The van der Waals surface area contributed by atoms with Crippen molar-refractivity contribution in [2.45, 2.75) is 13.5 Å². The van der Waals surface area contributed by atoms with E-state index >= 15 is 0 Å². The van der Waals surface area contributed by atoms with Crippen LogP contribution in [-0.4, -0.2) is 67.0 Å². The molecule has 1 heterocycles. The Hall–Kier alpha value is -2.41. The van der Waals surface area contributed by atoms with Gasteiger partial charge in [-0.05, 0) is 5.56 Å². The molecule has 0 bridgehead atoms. The second-order valence-electron chi connectivity index (χ2n) is 5.58. The van der Waals surface area contributed by atoms with Gasteiger partial charge in [-0.15, -0.1) is 0 Å². The molecule has 0 unspecified atom stereocenters. The number of hydrogen-bond acceptors (Lipinski definition) is 6. The van der Waals surface area contributed by atoms with Crippen LogP contribution in [0.1, 0.15) is 12.5 Å². The smallest absolute Gasteiger partial charge is 0.320 e. The van der Waals surface area contributed by atoms with Gasteiger partial charge in [0.15, 0.2) is 0 Å². The van der Waals surface area contributed by atoms with Crippen molar-refractivity contribution in [3.63, 3.8) is 0 Å². The van der Waals surface area contributed by atoms with E-state index in [-0.39, 0.29) is 44.1 Å². The van der Waals surface area contributed by atoms with Crippen molar-refractivity contribution in [1.29, 1.82) is 0 Å². The number of rotatable bonds is 7. The van der Waals surface area contributed by atoms with E-state index in [9.17, 15) is 14.4 Å². The van der Waals surface area contributed by atoms with Gasteiger partial charge in [-0.3, -0.25) is 19.3 Å². The maximum atomic E-state index is 12.0. The third-order valence-electron chi connectivity index (χ3n) is 3.66. The van der Waals surface area contributed by atoms with Crippen molar-refractivity contribution in [2.75, 3.05) is 39.3 Å². The summed E-state index contributed by atoms with van der Waals surface area (Å²) >= 11 is 0. The Morgan fingerprint density at radius 2 is 1.88 bits per heavy atom. The average Bonchev–Trinajstić information content (AvgIpc) is 2.56. The standard InChI is InChI=1S/C17H22N2O5/c1-14(20)23-10-9-19-8-7-18(11-16(19)21)12-17(22)24-13-15-5-3-2-4-6-15/h2-6H,7-13H2,1H3. The minimum Gasteiger partial charge on any atom is -0.464 e. The van der Waals surface area contributed by atoms with Crippen LogP contribution in [0.4, 0.5) is 0 Å². The Kier molecular flexibility index (Phi) is 6.74. The van der Waals surface area contributed by atoms with Crippen molar-refractivity contribution >= 4 is 17.8 Å². The SMILES string of the molecule is CC(=O)OCCN1CCN(CC(=O)OCc2ccccc2)CC1=O. The van der Waals surface area contributed by atoms with Crippen LogP contribution in [-0.2, 0) is 30.5 Å². The first kappa shape index (κ1) is 17.9. The minimum absolute atomic E-state index is 0.0794. The van der Waals surface area contributed by atoms with E-state index < -0.39 is 0 Å². The maximum absolute atomic E-state index is 12.0. The predicted molar refractivity (Wildman–Crippen MR) is 85.9 cm³/mol. The summed E-state index contributed by atoms with van der Waals surface area (Å²) in [4.78, 5) is 38.0. The van der Waals surface area contributed by atoms with Crippen LogP contribution >= 0.6 is 0 Å². The zero-order valence-corrected chi connectivity index (χ0v) is 13.8. The largest absolute Gasteiger partial charge is 0.464 e. The Morgan fingerprint density at radius 3 is 2.54 bits per heavy atom. The number of esters is 2. The van der Waals surface area contributed by atoms with Crippen molar-refractivity contribution in [1.82, 2.24) is 9.80 Å². The fourth-order valence-corrected chi connectivity index (χ4v) is 2.39. The van der Waals surface area contributed by atoms with Crippen LogP contribution in [0.2, 0.25) is 0 Å². The molecule has 1 aliphatic rings. The lowest BCUT2D eigenvalue weighted by Gasteiger charge is -2.33. The number of benzene rings is 1. The lowest BCUT2D eigenvalue weighted by atomic mass is 10.2. The molecule has 1 aromatic carbocycles. The van der Waals surface area contributed by atoms with E-state index in [2.05, 4.69) is 0 Å². The summed E-state index contributed by atoms with van der Waals surface area (Å²) in [6.45, 7) is 3.50. The molecular weight excluding hydrogens is 312 g/mol. The second-order valence-corrected chi connectivity index (χ2v) is 5.58. The Balaban J connectivity index is 1.68. The lowest BCUT2D eigenvalue weighted by molar-refractivity contribution is -0.150. The highest BCUT2D eigenvalue weighted by atomic mass is 16.5. The Bertz CT molecular complexity index is 576. The van der Waals surface area contributed by atoms with Gasteiger partial charge in [-0.25, -0.2) is 0 Å². The van der Waals surface area contributed by atoms with Gasteiger partial charge in [0.25, 0.3) is 0 Å². The minimum atomic E-state index is -0.359. The summed E-state index contributed by atoms with van der Waals surface area (Å²) in [5, 5.41) is 0. The molecule has 24 heavy (non-hydrogen) atoms. The molecule has 1 aliphatic heterocycles. The number of carbonyl (C=O) groups is 3. The maximum Gasteiger partial charge on any atom is 0.320 e. The topological polar surface area (TPSA) is 76.2 Å². The van der Waals surface area contributed by atoms with E-state index in [0.29, 0.717) is 19.6 Å². The van der Waals surface area contributed by atoms with Crippen LogP contribution in [0.25, 0.3) is 0 Å². The molecule has 7 heteroatoms. The van der Waals surface area contributed by atoms with Gasteiger partial charge in [0.2, 0.25) is 5.91 Å². The van der Waals surface area contributed by atoms with Crippen LogP contribution in [0.3, 0.4) is 0 Å². The van der Waals surface area contributed by atoms with Gasteiger partial charge in [0.1, 0.15) is 13.2 Å². The van der Waals surface area contributed by atoms with E-state index in [1.807, 2.05) is 30.3 Å². The Labute approximate surface area is 141 Å². The number of hydrogen-bond donors (Lipinski definition) is 0. The van der Waals surface area contributed by atoms with Crippen molar-refractivity contribution in [3.05, 3.63) is 35.9 Å². The molecule has 0 atom stereocenters. The zero-order chi connectivity index (χ0) is 17.4. The monoisotopic (exact) mass is 334 g/mol. The third kappa shape index (κ3) is 6.00. The first-order valence-electron chi connectivity index (χ1n) is 7.87. The molecule has 130 valence electrons. The lowest BCUT2D eigenvalue weighted by Crippen LogP contribution is -2.52. The van der Waals surface area contributed by atoms with Gasteiger partial charge in [-0.2, -0.15) is 0 Å². The number of amides is 1. The molecule has 0 aliphatic carbocycles. The average molecular weight is 334 g/mol. The van der Waals surface area contributed by atoms with Crippen LogP contribution < -0.4 is 0 Å². The summed E-state index contributed by atoms with van der Waals surface area (Å²) in [6, 6.07) is 9.45. The molecule has 1 saturated heterocycles. The van der Waals surface area contributed by atoms with E-state index in [0.717, 1.165) is 5.56 Å². The molecule has 0 spiro atoms. The molecule has 0 saturated carbocycles. The second kappa shape index (κ2) is 9.02. The summed E-state index contributed by atoms with van der Waals surface area (Å²) < 4.78 is 10.1. The van der Waals surface area contributed by atoms with Crippen molar-refractivity contribution in [3.8, 4) is 0 Å². The van der Waals surface area contributed by atoms with E-state index in [1.54, 1.807) is 9.80 Å². The number of nitrogens with zero attached hydrogens (tertiary/aromatic N) is 2. The molecule has 1 fully saturated rings. The fraction of sp³-hybridized carbons (Fsp3) is 0.471. The molecule has 2 rings (SSSR count).